The van der Waals surface area contributed by atoms with Crippen molar-refractivity contribution >= 4 is 23.1 Å². The van der Waals surface area contributed by atoms with Gasteiger partial charge < -0.3 is 4.90 Å². The number of fused-ring (bicyclic) bond motifs is 3. The highest BCUT2D eigenvalue weighted by atomic mass is 19.1. The lowest BCUT2D eigenvalue weighted by Crippen LogP contribution is -2.46. The van der Waals surface area contributed by atoms with E-state index in [0.29, 0.717) is 23.7 Å². The highest BCUT2D eigenvalue weighted by molar-refractivity contribution is 6.21. The van der Waals surface area contributed by atoms with Crippen molar-refractivity contribution in [3.63, 3.8) is 0 Å². The Bertz CT molecular complexity index is 845. The van der Waals surface area contributed by atoms with E-state index in [-0.39, 0.29) is 18.3 Å². The van der Waals surface area contributed by atoms with Crippen LogP contribution in [0.15, 0.2) is 58.6 Å². The van der Waals surface area contributed by atoms with Gasteiger partial charge in [-0.05, 0) is 18.2 Å². The van der Waals surface area contributed by atoms with Gasteiger partial charge in [-0.1, -0.05) is 30.3 Å². The first-order chi connectivity index (χ1) is 11.2. The molecule has 2 aliphatic heterocycles. The van der Waals surface area contributed by atoms with Gasteiger partial charge in [-0.25, -0.2) is 9.82 Å². The van der Waals surface area contributed by atoms with Gasteiger partial charge in [0, 0.05) is 11.1 Å². The van der Waals surface area contributed by atoms with E-state index in [4.69, 9.17) is 0 Å². The molecule has 4 rings (SSSR count). The number of amides is 1. The first-order valence-electron chi connectivity index (χ1n) is 7.25. The van der Waals surface area contributed by atoms with Crippen LogP contribution in [0.5, 0.6) is 0 Å². The summed E-state index contributed by atoms with van der Waals surface area (Å²) in [6.07, 6.45) is 0. The minimum absolute atomic E-state index is 0.148. The molecule has 0 spiro atoms. The lowest BCUT2D eigenvalue weighted by atomic mass is 10.00. The van der Waals surface area contributed by atoms with Crippen molar-refractivity contribution in [2.45, 2.75) is 0 Å². The number of amidine groups is 1. The van der Waals surface area contributed by atoms with Crippen molar-refractivity contribution in [3.05, 3.63) is 65.5 Å². The van der Waals surface area contributed by atoms with Crippen molar-refractivity contribution in [2.75, 3.05) is 18.0 Å². The molecule has 114 valence electrons. The van der Waals surface area contributed by atoms with Crippen molar-refractivity contribution in [2.24, 2.45) is 10.1 Å². The fourth-order valence-corrected chi connectivity index (χ4v) is 2.81. The summed E-state index contributed by atoms with van der Waals surface area (Å²) >= 11 is 0. The van der Waals surface area contributed by atoms with Gasteiger partial charge in [0.05, 0.1) is 17.9 Å². The number of halogens is 1. The van der Waals surface area contributed by atoms with Crippen LogP contribution in [0, 0.1) is 5.82 Å². The topological polar surface area (TPSA) is 57.1 Å². The van der Waals surface area contributed by atoms with E-state index in [1.54, 1.807) is 11.0 Å². The first kappa shape index (κ1) is 13.6. The average molecular weight is 308 g/mol. The van der Waals surface area contributed by atoms with E-state index in [9.17, 15) is 9.18 Å². The number of aliphatic imine (C=N–C) groups is 1. The Balaban J connectivity index is 1.93. The smallest absolute Gasteiger partial charge is 0.260 e. The first-order valence-corrected chi connectivity index (χ1v) is 7.25. The molecular weight excluding hydrogens is 295 g/mol. The van der Waals surface area contributed by atoms with E-state index in [2.05, 4.69) is 15.5 Å². The highest BCUT2D eigenvalue weighted by Crippen LogP contribution is 2.28. The van der Waals surface area contributed by atoms with E-state index < -0.39 is 0 Å². The molecule has 2 aliphatic rings. The number of carbonyl (C=O) groups excluding carboxylic acids is 1. The van der Waals surface area contributed by atoms with Crippen LogP contribution < -0.4 is 10.3 Å². The number of carbonyl (C=O) groups is 1. The largest absolute Gasteiger partial charge is 0.317 e. The Hall–Kier alpha value is -3.02. The van der Waals surface area contributed by atoms with Gasteiger partial charge >= 0.3 is 0 Å². The lowest BCUT2D eigenvalue weighted by Gasteiger charge is -2.27. The summed E-state index contributed by atoms with van der Waals surface area (Å²) in [6, 6.07) is 14.1. The number of anilines is 1. The van der Waals surface area contributed by atoms with Crippen molar-refractivity contribution in [1.82, 2.24) is 5.43 Å². The number of hydrazone groups is 1. The summed E-state index contributed by atoms with van der Waals surface area (Å²) < 4.78 is 13.8. The zero-order valence-corrected chi connectivity index (χ0v) is 12.2. The van der Waals surface area contributed by atoms with E-state index >= 15 is 0 Å². The number of benzene rings is 2. The van der Waals surface area contributed by atoms with Crippen LogP contribution >= 0.6 is 0 Å². The van der Waals surface area contributed by atoms with Gasteiger partial charge in [0.25, 0.3) is 5.91 Å². The third-order valence-electron chi connectivity index (χ3n) is 3.85. The van der Waals surface area contributed by atoms with E-state index in [1.165, 1.54) is 12.1 Å². The summed E-state index contributed by atoms with van der Waals surface area (Å²) in [6.45, 7) is 0.468. The van der Waals surface area contributed by atoms with Gasteiger partial charge in [-0.15, -0.1) is 0 Å². The SMILES string of the molecule is O=C1CN2C(=NN1)CN=C(c1ccccc1)c1cc(F)ccc12. The van der Waals surface area contributed by atoms with Crippen LogP contribution in [0.1, 0.15) is 11.1 Å². The van der Waals surface area contributed by atoms with Crippen molar-refractivity contribution in [3.8, 4) is 0 Å². The van der Waals surface area contributed by atoms with Crippen molar-refractivity contribution in [1.29, 1.82) is 0 Å². The van der Waals surface area contributed by atoms with Crippen LogP contribution in [-0.4, -0.2) is 30.5 Å². The van der Waals surface area contributed by atoms with Crippen LogP contribution in [-0.2, 0) is 4.79 Å². The maximum absolute atomic E-state index is 13.8. The fourth-order valence-electron chi connectivity index (χ4n) is 2.81. The molecule has 0 bridgehead atoms. The maximum Gasteiger partial charge on any atom is 0.260 e. The Morgan fingerprint density at radius 1 is 1.13 bits per heavy atom. The molecule has 5 nitrogen and oxygen atoms in total. The fraction of sp³-hybridized carbons (Fsp3) is 0.118. The molecule has 0 atom stereocenters. The van der Waals surface area contributed by atoms with Gasteiger partial charge in [0.2, 0.25) is 0 Å². The number of nitrogens with one attached hydrogen (secondary N) is 1. The van der Waals surface area contributed by atoms with Crippen LogP contribution in [0.3, 0.4) is 0 Å². The zero-order valence-electron chi connectivity index (χ0n) is 12.2. The number of hydrogen-bond donors (Lipinski definition) is 1. The van der Waals surface area contributed by atoms with Crippen LogP contribution in [0.25, 0.3) is 0 Å². The van der Waals surface area contributed by atoms with E-state index in [0.717, 1.165) is 11.3 Å². The lowest BCUT2D eigenvalue weighted by molar-refractivity contribution is -0.119. The van der Waals surface area contributed by atoms with Crippen LogP contribution in [0.4, 0.5) is 10.1 Å². The molecule has 0 radical (unpaired) electrons. The summed E-state index contributed by atoms with van der Waals surface area (Å²) in [5, 5.41) is 4.08. The molecule has 0 aromatic heterocycles. The van der Waals surface area contributed by atoms with Crippen molar-refractivity contribution < 1.29 is 9.18 Å². The quantitative estimate of drug-likeness (QED) is 0.875. The van der Waals surface area contributed by atoms with Crippen LogP contribution in [0.2, 0.25) is 0 Å². The Morgan fingerprint density at radius 3 is 2.78 bits per heavy atom. The van der Waals surface area contributed by atoms with Gasteiger partial charge in [0.1, 0.15) is 12.4 Å². The molecule has 2 aromatic rings. The molecule has 6 heteroatoms. The monoisotopic (exact) mass is 308 g/mol. The molecule has 1 N–H and O–H groups in total. The number of hydrogen-bond acceptors (Lipinski definition) is 4. The molecule has 0 saturated carbocycles. The number of nitrogens with zero attached hydrogens (tertiary/aromatic N) is 3. The standard InChI is InChI=1S/C17H13FN4O/c18-12-6-7-14-13(8-12)17(11-4-2-1-3-5-11)19-9-15-20-21-16(23)10-22(14)15/h1-8H,9-10H2,(H,21,23). The van der Waals surface area contributed by atoms with Gasteiger partial charge in [0.15, 0.2) is 5.84 Å². The summed E-state index contributed by atoms with van der Waals surface area (Å²) in [5.74, 6) is 0.102. The second-order valence-corrected chi connectivity index (χ2v) is 5.34. The molecular formula is C17H13FN4O. The van der Waals surface area contributed by atoms with Gasteiger partial charge in [-0.2, -0.15) is 5.10 Å². The molecule has 1 amide bonds. The second-order valence-electron chi connectivity index (χ2n) is 5.34. The molecule has 2 aromatic carbocycles. The Labute approximate surface area is 132 Å². The molecule has 0 saturated heterocycles. The summed E-state index contributed by atoms with van der Waals surface area (Å²) in [5.41, 5.74) is 5.47. The van der Waals surface area contributed by atoms with Gasteiger partial charge in [-0.3, -0.25) is 9.79 Å². The third-order valence-corrected chi connectivity index (χ3v) is 3.85. The Kier molecular flexibility index (Phi) is 3.15. The Morgan fingerprint density at radius 2 is 1.96 bits per heavy atom. The average Bonchev–Trinajstić information content (AvgIpc) is 2.72. The predicted octanol–water partition coefficient (Wildman–Crippen LogP) is 1.93. The predicted molar refractivity (Wildman–Crippen MR) is 86.3 cm³/mol. The van der Waals surface area contributed by atoms with E-state index in [1.807, 2.05) is 30.3 Å². The summed E-state index contributed by atoms with van der Waals surface area (Å²) in [7, 11) is 0. The third kappa shape index (κ3) is 2.38. The molecule has 23 heavy (non-hydrogen) atoms. The summed E-state index contributed by atoms with van der Waals surface area (Å²) in [4.78, 5) is 18.1. The normalized spacial score (nSPS) is 16.6. The molecule has 2 heterocycles. The number of rotatable bonds is 1. The minimum atomic E-state index is -0.339. The zero-order chi connectivity index (χ0) is 15.8. The second kappa shape index (κ2) is 5.31. The minimum Gasteiger partial charge on any atom is -0.317 e. The maximum atomic E-state index is 13.8. The molecule has 0 aliphatic carbocycles. The molecule has 0 unspecified atom stereocenters. The molecule has 0 fully saturated rings. The highest BCUT2D eigenvalue weighted by Gasteiger charge is 2.28.